The molecule has 8 heteroatoms. The van der Waals surface area contributed by atoms with E-state index in [2.05, 4.69) is 9.47 Å². The minimum absolute atomic E-state index is 0.158. The second-order valence-electron chi connectivity index (χ2n) is 2.80. The van der Waals surface area contributed by atoms with Gasteiger partial charge in [-0.15, -0.1) is 0 Å². The van der Waals surface area contributed by atoms with Gasteiger partial charge in [-0.25, -0.2) is 4.57 Å². The summed E-state index contributed by atoms with van der Waals surface area (Å²) in [4.78, 5) is 29.1. The van der Waals surface area contributed by atoms with Crippen molar-refractivity contribution in [3.8, 4) is 0 Å². The molecule has 7 nitrogen and oxygen atoms in total. The summed E-state index contributed by atoms with van der Waals surface area (Å²) in [5.41, 5.74) is 0. The van der Waals surface area contributed by atoms with Crippen LogP contribution in [0, 0.1) is 0 Å². The number of methoxy groups -OCH3 is 1. The van der Waals surface area contributed by atoms with E-state index in [1.807, 2.05) is 0 Å². The van der Waals surface area contributed by atoms with E-state index in [0.29, 0.717) is 4.67 Å². The summed E-state index contributed by atoms with van der Waals surface area (Å²) in [5, 5.41) is 0. The average molecular weight is 241 g/mol. The molecule has 0 aliphatic heterocycles. The molecule has 0 heterocycles. The summed E-state index contributed by atoms with van der Waals surface area (Å²) in [6.07, 6.45) is 0. The average Bonchev–Trinajstić information content (AvgIpc) is 2.11. The van der Waals surface area contributed by atoms with Gasteiger partial charge in [-0.2, -0.15) is 4.67 Å². The lowest BCUT2D eigenvalue weighted by Crippen LogP contribution is -2.38. The summed E-state index contributed by atoms with van der Waals surface area (Å²) in [5.74, 6) is -0.696. The van der Waals surface area contributed by atoms with Crippen LogP contribution in [0.4, 0.5) is 0 Å². The van der Waals surface area contributed by atoms with E-state index in [1.54, 1.807) is 6.92 Å². The van der Waals surface area contributed by atoms with E-state index in [0.717, 1.165) is 0 Å². The molecule has 0 bridgehead atoms. The van der Waals surface area contributed by atoms with Gasteiger partial charge in [0.2, 0.25) is 0 Å². The van der Waals surface area contributed by atoms with Crippen LogP contribution in [0.2, 0.25) is 0 Å². The maximum Gasteiger partial charge on any atom is 0.405 e. The summed E-state index contributed by atoms with van der Waals surface area (Å²) < 4.78 is 20.9. The maximum absolute atomic E-state index is 11.2. The van der Waals surface area contributed by atoms with Crippen molar-refractivity contribution in [1.29, 1.82) is 0 Å². The number of hydrogen-bond donors (Lipinski definition) is 2. The topological polar surface area (TPSA) is 96.3 Å². The molecule has 0 amide bonds. The lowest BCUT2D eigenvalue weighted by molar-refractivity contribution is -0.148. The molecular weight excluding hydrogens is 225 g/mol. The van der Waals surface area contributed by atoms with Crippen LogP contribution in [0.15, 0.2) is 0 Å². The number of esters is 1. The Morgan fingerprint density at radius 3 is 2.40 bits per heavy atom. The monoisotopic (exact) mass is 241 g/mol. The van der Waals surface area contributed by atoms with Gasteiger partial charge < -0.3 is 19.3 Å². The van der Waals surface area contributed by atoms with Crippen LogP contribution in [-0.4, -0.2) is 46.9 Å². The molecule has 0 aromatic carbocycles. The molecule has 15 heavy (non-hydrogen) atoms. The molecule has 0 radical (unpaired) electrons. The van der Waals surface area contributed by atoms with Gasteiger partial charge in [0.1, 0.15) is 12.8 Å². The van der Waals surface area contributed by atoms with Gasteiger partial charge in [-0.05, 0) is 13.8 Å². The van der Waals surface area contributed by atoms with E-state index < -0.39 is 19.8 Å². The minimum atomic E-state index is -4.52. The van der Waals surface area contributed by atoms with Gasteiger partial charge in [0.15, 0.2) is 0 Å². The highest BCUT2D eigenvalue weighted by atomic mass is 31.2. The summed E-state index contributed by atoms with van der Waals surface area (Å²) >= 11 is 0. The van der Waals surface area contributed by atoms with E-state index in [4.69, 9.17) is 9.79 Å². The fraction of sp³-hybridized carbons (Fsp3) is 0.857. The van der Waals surface area contributed by atoms with Crippen molar-refractivity contribution in [2.75, 3.05) is 20.4 Å². The highest BCUT2D eigenvalue weighted by Gasteiger charge is 2.34. The van der Waals surface area contributed by atoms with E-state index >= 15 is 0 Å². The van der Waals surface area contributed by atoms with E-state index in [9.17, 15) is 9.36 Å². The standard InChI is InChI=1S/C7H16NO6P/c1-4-14-7(9)6(2)8(5-13-3)15(10,11)12/h6H,4-5H2,1-3H3,(H2,10,11,12). The number of carbonyl (C=O) groups excluding carboxylic acids is 1. The summed E-state index contributed by atoms with van der Waals surface area (Å²) in [6.45, 7) is 2.77. The predicted molar refractivity (Wildman–Crippen MR) is 51.9 cm³/mol. The van der Waals surface area contributed by atoms with Crippen molar-refractivity contribution in [1.82, 2.24) is 4.67 Å². The fourth-order valence-electron chi connectivity index (χ4n) is 0.929. The molecule has 0 spiro atoms. The second kappa shape index (κ2) is 6.19. The largest absolute Gasteiger partial charge is 0.465 e. The first-order chi connectivity index (χ1) is 6.84. The molecule has 0 aromatic heterocycles. The predicted octanol–water partition coefficient (Wildman–Crippen LogP) is -0.0634. The molecule has 0 aromatic rings. The third kappa shape index (κ3) is 4.72. The third-order valence-electron chi connectivity index (χ3n) is 1.67. The van der Waals surface area contributed by atoms with Crippen molar-refractivity contribution >= 4 is 13.7 Å². The number of nitrogens with zero attached hydrogens (tertiary/aromatic N) is 1. The van der Waals surface area contributed by atoms with Gasteiger partial charge in [0.25, 0.3) is 0 Å². The van der Waals surface area contributed by atoms with E-state index in [-0.39, 0.29) is 13.3 Å². The third-order valence-corrected chi connectivity index (χ3v) is 2.80. The number of hydrogen-bond acceptors (Lipinski definition) is 4. The van der Waals surface area contributed by atoms with Crippen molar-refractivity contribution in [3.05, 3.63) is 0 Å². The Kier molecular flexibility index (Phi) is 6.00. The zero-order chi connectivity index (χ0) is 12.1. The molecule has 0 fully saturated rings. The molecule has 90 valence electrons. The van der Waals surface area contributed by atoms with Gasteiger partial charge >= 0.3 is 13.7 Å². The van der Waals surface area contributed by atoms with Crippen LogP contribution in [0.3, 0.4) is 0 Å². The Hall–Kier alpha value is -0.460. The maximum atomic E-state index is 11.2. The zero-order valence-corrected chi connectivity index (χ0v) is 9.81. The Morgan fingerprint density at radius 1 is 1.53 bits per heavy atom. The lowest BCUT2D eigenvalue weighted by atomic mass is 10.3. The summed E-state index contributed by atoms with van der Waals surface area (Å²) in [6, 6.07) is -1.05. The number of ether oxygens (including phenoxy) is 2. The molecule has 0 saturated heterocycles. The van der Waals surface area contributed by atoms with Crippen LogP contribution in [0.1, 0.15) is 13.8 Å². The highest BCUT2D eigenvalue weighted by molar-refractivity contribution is 7.49. The molecule has 0 rings (SSSR count). The molecule has 2 N–H and O–H groups in total. The minimum Gasteiger partial charge on any atom is -0.465 e. The molecular formula is C7H16NO6P. The van der Waals surface area contributed by atoms with Crippen LogP contribution >= 0.6 is 7.75 Å². The summed E-state index contributed by atoms with van der Waals surface area (Å²) in [7, 11) is -3.24. The van der Waals surface area contributed by atoms with Gasteiger partial charge in [0, 0.05) is 7.11 Å². The Labute approximate surface area is 88.2 Å². The fourth-order valence-corrected chi connectivity index (χ4v) is 1.74. The smallest absolute Gasteiger partial charge is 0.405 e. The van der Waals surface area contributed by atoms with Crippen molar-refractivity contribution in [3.63, 3.8) is 0 Å². The molecule has 0 aliphatic carbocycles. The van der Waals surface area contributed by atoms with Gasteiger partial charge in [0.05, 0.1) is 6.61 Å². The van der Waals surface area contributed by atoms with Crippen molar-refractivity contribution < 1.29 is 28.6 Å². The van der Waals surface area contributed by atoms with Crippen LogP contribution < -0.4 is 0 Å². The number of rotatable bonds is 6. The van der Waals surface area contributed by atoms with E-state index in [1.165, 1.54) is 14.0 Å². The quantitative estimate of drug-likeness (QED) is 0.382. The first-order valence-electron chi connectivity index (χ1n) is 4.32. The molecule has 0 aliphatic rings. The Balaban J connectivity index is 4.62. The molecule has 0 saturated carbocycles. The van der Waals surface area contributed by atoms with Crippen LogP contribution in [-0.2, 0) is 18.8 Å². The van der Waals surface area contributed by atoms with Crippen molar-refractivity contribution in [2.24, 2.45) is 0 Å². The van der Waals surface area contributed by atoms with Crippen LogP contribution in [0.25, 0.3) is 0 Å². The molecule has 1 unspecified atom stereocenters. The first kappa shape index (κ1) is 14.5. The van der Waals surface area contributed by atoms with Crippen LogP contribution in [0.5, 0.6) is 0 Å². The second-order valence-corrected chi connectivity index (χ2v) is 4.34. The zero-order valence-electron chi connectivity index (χ0n) is 8.91. The Bertz CT molecular complexity index is 252. The molecule has 1 atom stereocenters. The Morgan fingerprint density at radius 2 is 2.07 bits per heavy atom. The lowest BCUT2D eigenvalue weighted by Gasteiger charge is -2.26. The van der Waals surface area contributed by atoms with Gasteiger partial charge in [-0.3, -0.25) is 4.79 Å². The van der Waals surface area contributed by atoms with Gasteiger partial charge in [-0.1, -0.05) is 0 Å². The first-order valence-corrected chi connectivity index (χ1v) is 5.89. The highest BCUT2D eigenvalue weighted by Crippen LogP contribution is 2.41. The SMILES string of the molecule is CCOC(=O)C(C)N(COC)P(=O)(O)O. The number of carbonyl (C=O) groups is 1. The van der Waals surface area contributed by atoms with Crippen molar-refractivity contribution in [2.45, 2.75) is 19.9 Å². The normalized spacial score (nSPS) is 14.0.